The van der Waals surface area contributed by atoms with Crippen LogP contribution < -0.4 is 14.8 Å². The molecule has 0 spiro atoms. The van der Waals surface area contributed by atoms with Crippen molar-refractivity contribution in [2.75, 3.05) is 27.3 Å². The molecule has 2 rings (SSSR count). The third-order valence-corrected chi connectivity index (χ3v) is 4.46. The summed E-state index contributed by atoms with van der Waals surface area (Å²) in [5.74, 6) is 0.931. The lowest BCUT2D eigenvalue weighted by atomic mass is 10.1. The van der Waals surface area contributed by atoms with Crippen molar-refractivity contribution in [3.8, 4) is 17.6 Å². The second-order valence-electron chi connectivity index (χ2n) is 6.40. The highest BCUT2D eigenvalue weighted by molar-refractivity contribution is 5.97. The van der Waals surface area contributed by atoms with E-state index in [-0.39, 0.29) is 11.5 Å². The Bertz CT molecular complexity index is 873. The number of rotatable bonds is 10. The number of nitriles is 1. The Labute approximate surface area is 172 Å². The van der Waals surface area contributed by atoms with Crippen LogP contribution in [-0.2, 0) is 17.8 Å². The number of benzene rings is 2. The van der Waals surface area contributed by atoms with Crippen molar-refractivity contribution < 1.29 is 14.3 Å². The van der Waals surface area contributed by atoms with Crippen LogP contribution in [0.2, 0.25) is 0 Å². The average molecular weight is 393 g/mol. The van der Waals surface area contributed by atoms with Crippen LogP contribution in [0.25, 0.3) is 0 Å². The summed E-state index contributed by atoms with van der Waals surface area (Å²) in [7, 11) is 3.17. The first-order valence-electron chi connectivity index (χ1n) is 9.50. The molecule has 152 valence electrons. The van der Waals surface area contributed by atoms with E-state index in [4.69, 9.17) is 9.47 Å². The Balaban J connectivity index is 1.95. The Morgan fingerprint density at radius 3 is 2.45 bits per heavy atom. The van der Waals surface area contributed by atoms with Crippen molar-refractivity contribution in [3.05, 3.63) is 71.4 Å². The highest BCUT2D eigenvalue weighted by atomic mass is 16.5. The molecule has 0 radical (unpaired) electrons. The molecule has 1 amide bonds. The van der Waals surface area contributed by atoms with Crippen LogP contribution in [0.4, 0.5) is 0 Å². The van der Waals surface area contributed by atoms with Crippen LogP contribution in [-0.4, -0.2) is 38.1 Å². The normalized spacial score (nSPS) is 10.8. The molecule has 0 atom stereocenters. The first kappa shape index (κ1) is 21.8. The number of ether oxygens (including phenoxy) is 2. The number of carbonyl (C=O) groups excluding carboxylic acids is 1. The summed E-state index contributed by atoms with van der Waals surface area (Å²) < 4.78 is 10.5. The maximum atomic E-state index is 12.4. The van der Waals surface area contributed by atoms with Crippen LogP contribution >= 0.6 is 0 Å². The van der Waals surface area contributed by atoms with Gasteiger partial charge in [0.25, 0.3) is 5.91 Å². The molecule has 1 N–H and O–H groups in total. The van der Waals surface area contributed by atoms with Crippen LogP contribution in [0.5, 0.6) is 11.5 Å². The van der Waals surface area contributed by atoms with Gasteiger partial charge in [-0.1, -0.05) is 36.4 Å². The van der Waals surface area contributed by atoms with Gasteiger partial charge in [0.05, 0.1) is 14.2 Å². The second kappa shape index (κ2) is 11.4. The minimum Gasteiger partial charge on any atom is -0.493 e. The molecule has 0 aromatic heterocycles. The van der Waals surface area contributed by atoms with Gasteiger partial charge in [-0.15, -0.1) is 0 Å². The van der Waals surface area contributed by atoms with Crippen LogP contribution in [0.3, 0.4) is 0 Å². The molecular formula is C23H27N3O3. The van der Waals surface area contributed by atoms with E-state index in [9.17, 15) is 10.1 Å². The van der Waals surface area contributed by atoms with E-state index in [0.29, 0.717) is 37.6 Å². The maximum absolute atomic E-state index is 12.4. The molecule has 0 saturated heterocycles. The van der Waals surface area contributed by atoms with Gasteiger partial charge in [0.15, 0.2) is 11.5 Å². The van der Waals surface area contributed by atoms with E-state index in [2.05, 4.69) is 5.32 Å². The van der Waals surface area contributed by atoms with Gasteiger partial charge in [-0.2, -0.15) is 5.26 Å². The minimum atomic E-state index is -0.375. The largest absolute Gasteiger partial charge is 0.493 e. The Morgan fingerprint density at radius 2 is 1.83 bits per heavy atom. The Hall–Kier alpha value is -3.46. The topological polar surface area (TPSA) is 74.6 Å². The molecule has 0 heterocycles. The summed E-state index contributed by atoms with van der Waals surface area (Å²) in [6.45, 7) is 3.74. The van der Waals surface area contributed by atoms with E-state index < -0.39 is 0 Å². The summed E-state index contributed by atoms with van der Waals surface area (Å²) in [5.41, 5.74) is 2.22. The molecule has 6 heteroatoms. The Morgan fingerprint density at radius 1 is 1.10 bits per heavy atom. The van der Waals surface area contributed by atoms with Gasteiger partial charge in [-0.05, 0) is 36.6 Å². The predicted molar refractivity (Wildman–Crippen MR) is 112 cm³/mol. The lowest BCUT2D eigenvalue weighted by molar-refractivity contribution is -0.117. The van der Waals surface area contributed by atoms with Gasteiger partial charge in [0.2, 0.25) is 0 Å². The number of amides is 1. The van der Waals surface area contributed by atoms with E-state index >= 15 is 0 Å². The first-order chi connectivity index (χ1) is 14.1. The lowest BCUT2D eigenvalue weighted by Gasteiger charge is -2.19. The smallest absolute Gasteiger partial charge is 0.263 e. The fourth-order valence-corrected chi connectivity index (χ4v) is 2.84. The van der Waals surface area contributed by atoms with Crippen LogP contribution in [0, 0.1) is 11.3 Å². The standard InChI is InChI=1S/C23H27N3O3/c1-4-26(16-19-8-6-5-7-9-19)17-20(15-24)23(27)25-13-12-18-10-11-21(28-2)22(14-18)29-3/h5-11,14,17H,4,12-13,16H2,1-3H3,(H,25,27)/b20-17-. The molecule has 0 saturated carbocycles. The second-order valence-corrected chi connectivity index (χ2v) is 6.40. The van der Waals surface area contributed by atoms with Gasteiger partial charge in [-0.25, -0.2) is 0 Å². The lowest BCUT2D eigenvalue weighted by Crippen LogP contribution is -2.28. The number of nitrogens with one attached hydrogen (secondary N) is 1. The first-order valence-corrected chi connectivity index (χ1v) is 9.50. The highest BCUT2D eigenvalue weighted by Gasteiger charge is 2.11. The quantitative estimate of drug-likeness (QED) is 0.495. The summed E-state index contributed by atoms with van der Waals surface area (Å²) in [4.78, 5) is 14.4. The number of carbonyl (C=O) groups is 1. The van der Waals surface area contributed by atoms with Crippen molar-refractivity contribution in [1.82, 2.24) is 10.2 Å². The monoisotopic (exact) mass is 393 g/mol. The zero-order chi connectivity index (χ0) is 21.1. The van der Waals surface area contributed by atoms with E-state index in [0.717, 1.165) is 11.1 Å². The van der Waals surface area contributed by atoms with Crippen molar-refractivity contribution in [1.29, 1.82) is 5.26 Å². The fraction of sp³-hybridized carbons (Fsp3) is 0.304. The number of hydrogen-bond acceptors (Lipinski definition) is 5. The average Bonchev–Trinajstić information content (AvgIpc) is 2.76. The van der Waals surface area contributed by atoms with Gasteiger partial charge in [0.1, 0.15) is 11.6 Å². The Kier molecular flexibility index (Phi) is 8.58. The maximum Gasteiger partial charge on any atom is 0.263 e. The molecule has 0 aliphatic rings. The van der Waals surface area contributed by atoms with Crippen LogP contribution in [0.1, 0.15) is 18.1 Å². The number of methoxy groups -OCH3 is 2. The molecule has 2 aromatic rings. The summed E-state index contributed by atoms with van der Waals surface area (Å²) in [6.07, 6.45) is 2.24. The van der Waals surface area contributed by atoms with Gasteiger partial charge in [0, 0.05) is 25.8 Å². The van der Waals surface area contributed by atoms with E-state index in [1.807, 2.05) is 66.4 Å². The molecule has 6 nitrogen and oxygen atoms in total. The van der Waals surface area contributed by atoms with Gasteiger partial charge < -0.3 is 19.7 Å². The highest BCUT2D eigenvalue weighted by Crippen LogP contribution is 2.27. The minimum absolute atomic E-state index is 0.0927. The van der Waals surface area contributed by atoms with E-state index in [1.54, 1.807) is 20.4 Å². The summed E-state index contributed by atoms with van der Waals surface area (Å²) in [6, 6.07) is 17.6. The zero-order valence-corrected chi connectivity index (χ0v) is 17.1. The zero-order valence-electron chi connectivity index (χ0n) is 17.1. The van der Waals surface area contributed by atoms with E-state index in [1.165, 1.54) is 0 Å². The summed E-state index contributed by atoms with van der Waals surface area (Å²) >= 11 is 0. The molecule has 29 heavy (non-hydrogen) atoms. The van der Waals surface area contributed by atoms with Crippen LogP contribution in [0.15, 0.2) is 60.3 Å². The SMILES string of the molecule is CCN(/C=C(/C#N)C(=O)NCCc1ccc(OC)c(OC)c1)Cc1ccccc1. The van der Waals surface area contributed by atoms with Gasteiger partial charge >= 0.3 is 0 Å². The van der Waals surface area contributed by atoms with Crippen molar-refractivity contribution in [2.24, 2.45) is 0 Å². The molecule has 0 aliphatic carbocycles. The number of hydrogen-bond donors (Lipinski definition) is 1. The molecule has 0 aliphatic heterocycles. The fourth-order valence-electron chi connectivity index (χ4n) is 2.84. The van der Waals surface area contributed by atoms with Gasteiger partial charge in [-0.3, -0.25) is 4.79 Å². The predicted octanol–water partition coefficient (Wildman–Crippen LogP) is 3.29. The molecule has 2 aromatic carbocycles. The third-order valence-electron chi connectivity index (χ3n) is 4.46. The van der Waals surface area contributed by atoms with Crippen molar-refractivity contribution in [3.63, 3.8) is 0 Å². The molecular weight excluding hydrogens is 366 g/mol. The summed E-state index contributed by atoms with van der Waals surface area (Å²) in [5, 5.41) is 12.2. The number of nitrogens with zero attached hydrogens (tertiary/aromatic N) is 2. The molecule has 0 unspecified atom stereocenters. The van der Waals surface area contributed by atoms with Crippen molar-refractivity contribution in [2.45, 2.75) is 19.9 Å². The molecule has 0 fully saturated rings. The molecule has 0 bridgehead atoms. The van der Waals surface area contributed by atoms with Crippen molar-refractivity contribution >= 4 is 5.91 Å². The third kappa shape index (κ3) is 6.58.